The summed E-state index contributed by atoms with van der Waals surface area (Å²) in [6.45, 7) is 14.1. The number of hydrogen-bond acceptors (Lipinski definition) is 2. The molecule has 1 N–H and O–H groups in total. The molecule has 1 rings (SSSR count). The number of aryl methyl sites for hydroxylation is 2. The molecular formula is C18H28ClNO2. The topological polar surface area (TPSA) is 38.3 Å². The van der Waals surface area contributed by atoms with Crippen LogP contribution >= 0.6 is 11.6 Å². The van der Waals surface area contributed by atoms with Crippen molar-refractivity contribution in [3.63, 3.8) is 0 Å². The lowest BCUT2D eigenvalue weighted by Crippen LogP contribution is -2.47. The lowest BCUT2D eigenvalue weighted by atomic mass is 9.93. The van der Waals surface area contributed by atoms with E-state index in [1.165, 1.54) is 0 Å². The smallest absolute Gasteiger partial charge is 0.261 e. The quantitative estimate of drug-likeness (QED) is 0.835. The van der Waals surface area contributed by atoms with E-state index in [9.17, 15) is 4.79 Å². The molecule has 3 nitrogen and oxygen atoms in total. The Kier molecular flexibility index (Phi) is 6.73. The Bertz CT molecular complexity index is 495. The van der Waals surface area contributed by atoms with Gasteiger partial charge in [0.05, 0.1) is 0 Å². The highest BCUT2D eigenvalue weighted by Crippen LogP contribution is 2.26. The van der Waals surface area contributed by atoms with E-state index < -0.39 is 6.10 Å². The molecule has 1 aromatic rings. The number of carbonyl (C=O) groups is 1. The molecule has 0 aromatic heterocycles. The second-order valence-electron chi connectivity index (χ2n) is 6.65. The number of amides is 1. The first kappa shape index (κ1) is 18.8. The van der Waals surface area contributed by atoms with Gasteiger partial charge in [-0.2, -0.15) is 0 Å². The average Bonchev–Trinajstić information content (AvgIpc) is 2.40. The molecule has 1 aromatic carbocycles. The minimum Gasteiger partial charge on any atom is -0.481 e. The van der Waals surface area contributed by atoms with Crippen molar-refractivity contribution < 1.29 is 9.53 Å². The van der Waals surface area contributed by atoms with Gasteiger partial charge in [-0.25, -0.2) is 0 Å². The van der Waals surface area contributed by atoms with Crippen molar-refractivity contribution in [2.45, 2.75) is 60.6 Å². The molecule has 0 spiro atoms. The van der Waals surface area contributed by atoms with E-state index >= 15 is 0 Å². The van der Waals surface area contributed by atoms with Crippen molar-refractivity contribution in [1.29, 1.82) is 0 Å². The van der Waals surface area contributed by atoms with Gasteiger partial charge in [0.1, 0.15) is 5.75 Å². The van der Waals surface area contributed by atoms with Crippen molar-refractivity contribution >= 4 is 17.5 Å². The molecule has 22 heavy (non-hydrogen) atoms. The molecule has 0 radical (unpaired) electrons. The van der Waals surface area contributed by atoms with E-state index in [0.29, 0.717) is 17.6 Å². The van der Waals surface area contributed by atoms with E-state index in [1.807, 2.05) is 26.0 Å². The third-order valence-corrected chi connectivity index (χ3v) is 4.43. The summed E-state index contributed by atoms with van der Waals surface area (Å²) in [6.07, 6.45) is -0.542. The van der Waals surface area contributed by atoms with Gasteiger partial charge in [-0.1, -0.05) is 39.3 Å². The van der Waals surface area contributed by atoms with E-state index in [-0.39, 0.29) is 11.9 Å². The zero-order chi connectivity index (χ0) is 17.0. The van der Waals surface area contributed by atoms with Crippen molar-refractivity contribution in [2.75, 3.05) is 0 Å². The highest BCUT2D eigenvalue weighted by molar-refractivity contribution is 6.32. The van der Waals surface area contributed by atoms with Crippen LogP contribution in [0.25, 0.3) is 0 Å². The summed E-state index contributed by atoms with van der Waals surface area (Å²) in [6, 6.07) is 3.87. The fourth-order valence-corrected chi connectivity index (χ4v) is 2.73. The highest BCUT2D eigenvalue weighted by Gasteiger charge is 2.23. The second-order valence-corrected chi connectivity index (χ2v) is 7.03. The fraction of sp³-hybridized carbons (Fsp3) is 0.611. The molecule has 124 valence electrons. The third-order valence-electron chi connectivity index (χ3n) is 3.84. The number of ether oxygens (including phenoxy) is 1. The fourth-order valence-electron chi connectivity index (χ4n) is 2.62. The van der Waals surface area contributed by atoms with Crippen LogP contribution in [0.3, 0.4) is 0 Å². The molecule has 4 heteroatoms. The molecule has 0 fully saturated rings. The number of nitrogens with one attached hydrogen (secondary N) is 1. The van der Waals surface area contributed by atoms with Gasteiger partial charge in [0.25, 0.3) is 5.91 Å². The predicted molar refractivity (Wildman–Crippen MR) is 92.6 cm³/mol. The molecule has 0 heterocycles. The molecule has 0 aliphatic carbocycles. The Morgan fingerprint density at radius 3 is 1.91 bits per heavy atom. The number of halogens is 1. The summed E-state index contributed by atoms with van der Waals surface area (Å²) in [5, 5.41) is 3.83. The van der Waals surface area contributed by atoms with Gasteiger partial charge in [0, 0.05) is 11.1 Å². The first-order chi connectivity index (χ1) is 10.1. The maximum Gasteiger partial charge on any atom is 0.261 e. The summed E-state index contributed by atoms with van der Waals surface area (Å²) >= 11 is 6.15. The van der Waals surface area contributed by atoms with Crippen LogP contribution in [0.2, 0.25) is 5.02 Å². The Morgan fingerprint density at radius 1 is 1.05 bits per heavy atom. The van der Waals surface area contributed by atoms with Crippen LogP contribution in [0.5, 0.6) is 5.75 Å². The Balaban J connectivity index is 2.76. The molecule has 1 amide bonds. The van der Waals surface area contributed by atoms with Crippen molar-refractivity contribution in [1.82, 2.24) is 5.32 Å². The molecule has 0 unspecified atom stereocenters. The normalized spacial score (nSPS) is 12.9. The van der Waals surface area contributed by atoms with E-state index in [0.717, 1.165) is 16.1 Å². The molecule has 0 saturated carbocycles. The van der Waals surface area contributed by atoms with E-state index in [1.54, 1.807) is 6.92 Å². The first-order valence-electron chi connectivity index (χ1n) is 7.87. The van der Waals surface area contributed by atoms with Crippen LogP contribution < -0.4 is 10.1 Å². The molecule has 0 saturated heterocycles. The zero-order valence-electron chi connectivity index (χ0n) is 14.7. The minimum atomic E-state index is -0.542. The second kappa shape index (κ2) is 7.87. The van der Waals surface area contributed by atoms with Crippen molar-refractivity contribution in [3.8, 4) is 5.75 Å². The lowest BCUT2D eigenvalue weighted by molar-refractivity contribution is -0.128. The minimum absolute atomic E-state index is 0.0855. The Labute approximate surface area is 139 Å². The van der Waals surface area contributed by atoms with Gasteiger partial charge in [-0.05, 0) is 55.9 Å². The van der Waals surface area contributed by atoms with Crippen molar-refractivity contribution in [3.05, 3.63) is 28.3 Å². The van der Waals surface area contributed by atoms with Crippen LogP contribution in [0.15, 0.2) is 12.1 Å². The first-order valence-corrected chi connectivity index (χ1v) is 8.25. The largest absolute Gasteiger partial charge is 0.481 e. The lowest BCUT2D eigenvalue weighted by Gasteiger charge is -2.27. The van der Waals surface area contributed by atoms with Gasteiger partial charge >= 0.3 is 0 Å². The maximum atomic E-state index is 12.3. The van der Waals surface area contributed by atoms with Crippen LogP contribution in [-0.4, -0.2) is 18.1 Å². The Hall–Kier alpha value is -1.22. The predicted octanol–water partition coefficient (Wildman–Crippen LogP) is 4.52. The number of hydrogen-bond donors (Lipinski definition) is 1. The zero-order valence-corrected chi connectivity index (χ0v) is 15.4. The van der Waals surface area contributed by atoms with Crippen molar-refractivity contribution in [2.24, 2.45) is 11.8 Å². The maximum absolute atomic E-state index is 12.3. The standard InChI is InChI=1S/C18H28ClNO2/c1-10(2)17(11(3)4)20-18(21)14(7)22-15-8-12(5)16(19)13(6)9-15/h8-11,14,17H,1-7H3,(H,20,21)/t14-/m1/s1. The summed E-state index contributed by atoms with van der Waals surface area (Å²) in [4.78, 5) is 12.3. The molecule has 0 aliphatic heterocycles. The van der Waals surface area contributed by atoms with Gasteiger partial charge < -0.3 is 10.1 Å². The van der Waals surface area contributed by atoms with E-state index in [4.69, 9.17) is 16.3 Å². The number of carbonyl (C=O) groups excluding carboxylic acids is 1. The monoisotopic (exact) mass is 325 g/mol. The van der Waals surface area contributed by atoms with Gasteiger partial charge in [0.2, 0.25) is 0 Å². The van der Waals surface area contributed by atoms with Gasteiger partial charge in [-0.15, -0.1) is 0 Å². The van der Waals surface area contributed by atoms with Crippen LogP contribution in [-0.2, 0) is 4.79 Å². The molecular weight excluding hydrogens is 298 g/mol. The third kappa shape index (κ3) is 4.91. The molecule has 1 atom stereocenters. The van der Waals surface area contributed by atoms with Crippen LogP contribution in [0, 0.1) is 25.7 Å². The summed E-state index contributed by atoms with van der Waals surface area (Å²) in [7, 11) is 0. The van der Waals surface area contributed by atoms with Crippen LogP contribution in [0.4, 0.5) is 0 Å². The molecule has 0 aliphatic rings. The average molecular weight is 326 g/mol. The summed E-state index contributed by atoms with van der Waals surface area (Å²) < 4.78 is 5.78. The van der Waals surface area contributed by atoms with Crippen LogP contribution in [0.1, 0.15) is 45.7 Å². The summed E-state index contributed by atoms with van der Waals surface area (Å²) in [5.74, 6) is 1.36. The Morgan fingerprint density at radius 2 is 1.50 bits per heavy atom. The highest BCUT2D eigenvalue weighted by atomic mass is 35.5. The number of rotatable bonds is 6. The van der Waals surface area contributed by atoms with Gasteiger partial charge in [-0.3, -0.25) is 4.79 Å². The number of benzene rings is 1. The van der Waals surface area contributed by atoms with Gasteiger partial charge in [0.15, 0.2) is 6.10 Å². The molecule has 0 bridgehead atoms. The summed E-state index contributed by atoms with van der Waals surface area (Å²) in [5.41, 5.74) is 1.90. The van der Waals surface area contributed by atoms with E-state index in [2.05, 4.69) is 33.0 Å². The SMILES string of the molecule is Cc1cc(O[C@H](C)C(=O)NC(C(C)C)C(C)C)cc(C)c1Cl.